The summed E-state index contributed by atoms with van der Waals surface area (Å²) in [5.74, 6) is -0.610. The van der Waals surface area contributed by atoms with Gasteiger partial charge >= 0.3 is 11.9 Å². The van der Waals surface area contributed by atoms with E-state index in [2.05, 4.69) is 0 Å². The normalized spacial score (nSPS) is 54.5. The third kappa shape index (κ3) is 2.71. The first kappa shape index (κ1) is 23.8. The van der Waals surface area contributed by atoms with Crippen LogP contribution in [0.3, 0.4) is 0 Å². The van der Waals surface area contributed by atoms with Crippen molar-refractivity contribution >= 4 is 18.2 Å². The zero-order chi connectivity index (χ0) is 24.9. The summed E-state index contributed by atoms with van der Waals surface area (Å²) in [6, 6.07) is -0.0734. The molecule has 1 spiro atoms. The average molecular weight is 492 g/mol. The van der Waals surface area contributed by atoms with Gasteiger partial charge in [0.05, 0.1) is 35.9 Å². The second kappa shape index (κ2) is 7.73. The maximum Gasteiger partial charge on any atom is 0.303 e. The molecule has 5 saturated carbocycles. The molecule has 35 heavy (non-hydrogen) atoms. The van der Waals surface area contributed by atoms with Crippen molar-refractivity contribution in [2.24, 2.45) is 45.4 Å². The Labute approximate surface area is 205 Å². The highest BCUT2D eigenvalue weighted by Gasteiger charge is 2.85. The zero-order valence-corrected chi connectivity index (χ0v) is 21.1. The summed E-state index contributed by atoms with van der Waals surface area (Å²) in [5.41, 5.74) is -1.84. The molecule has 13 atom stereocenters. The molecule has 6 aliphatic rings. The van der Waals surface area contributed by atoms with E-state index in [0.717, 1.165) is 19.3 Å². The quantitative estimate of drug-likeness (QED) is 0.555. The van der Waals surface area contributed by atoms with Gasteiger partial charge in [0.25, 0.3) is 0 Å². The number of hydrogen-bond acceptors (Lipinski definition) is 9. The first-order valence-corrected chi connectivity index (χ1v) is 12.8. The lowest BCUT2D eigenvalue weighted by atomic mass is 9.35. The van der Waals surface area contributed by atoms with Crippen molar-refractivity contribution in [1.82, 2.24) is 0 Å². The van der Waals surface area contributed by atoms with Gasteiger partial charge in [-0.15, -0.1) is 0 Å². The van der Waals surface area contributed by atoms with Crippen LogP contribution in [-0.4, -0.2) is 87.3 Å². The summed E-state index contributed by atoms with van der Waals surface area (Å²) in [5, 5.41) is 12.5. The molecule has 1 aliphatic heterocycles. The van der Waals surface area contributed by atoms with Crippen LogP contribution in [-0.2, 0) is 33.3 Å². The van der Waals surface area contributed by atoms with E-state index in [1.54, 1.807) is 21.3 Å². The number of methoxy groups -OCH3 is 3. The second-order valence-corrected chi connectivity index (χ2v) is 11.8. The molecule has 0 aromatic rings. The topological polar surface area (TPSA) is 113 Å². The molecule has 5 aliphatic carbocycles. The summed E-state index contributed by atoms with van der Waals surface area (Å²) < 4.78 is 29.5. The molecular formula is C26H37NO8. The van der Waals surface area contributed by atoms with Crippen molar-refractivity contribution in [2.75, 3.05) is 27.9 Å². The van der Waals surface area contributed by atoms with Gasteiger partial charge in [-0.1, -0.05) is 0 Å². The number of aliphatic imine (C=N–C) groups is 1. The van der Waals surface area contributed by atoms with Gasteiger partial charge in [0.15, 0.2) is 0 Å². The van der Waals surface area contributed by atoms with E-state index in [4.69, 9.17) is 28.7 Å². The number of ether oxygens (including phenoxy) is 5. The molecule has 0 radical (unpaired) electrons. The minimum atomic E-state index is -1.05. The van der Waals surface area contributed by atoms with Gasteiger partial charge < -0.3 is 28.8 Å². The number of aliphatic hydroxyl groups is 1. The van der Waals surface area contributed by atoms with E-state index in [1.165, 1.54) is 13.8 Å². The molecule has 2 unspecified atom stereocenters. The number of esters is 2. The van der Waals surface area contributed by atoms with Gasteiger partial charge in [0, 0.05) is 71.0 Å². The highest BCUT2D eigenvalue weighted by Crippen LogP contribution is 2.80. The molecule has 9 heteroatoms. The summed E-state index contributed by atoms with van der Waals surface area (Å²) in [6.45, 7) is 3.25. The van der Waals surface area contributed by atoms with Crippen molar-refractivity contribution < 1.29 is 38.4 Å². The summed E-state index contributed by atoms with van der Waals surface area (Å²) in [6.07, 6.45) is 3.41. The third-order valence-corrected chi connectivity index (χ3v) is 10.8. The summed E-state index contributed by atoms with van der Waals surface area (Å²) >= 11 is 0. The Balaban J connectivity index is 1.49. The zero-order valence-electron chi connectivity index (χ0n) is 21.1. The van der Waals surface area contributed by atoms with E-state index in [0.29, 0.717) is 13.0 Å². The summed E-state index contributed by atoms with van der Waals surface area (Å²) in [7, 11) is 5.01. The van der Waals surface area contributed by atoms with Crippen LogP contribution in [0.4, 0.5) is 0 Å². The van der Waals surface area contributed by atoms with E-state index < -0.39 is 11.0 Å². The van der Waals surface area contributed by atoms with E-state index in [1.807, 2.05) is 6.21 Å². The standard InChI is InChI=1S/C26H37NO8/c1-12(28)34-17-6-7-25-15-8-14-18(15)26(30,9-16(32-4)20(14)35-13(2)29)19-21(33-5)22(25)24(17,11-31-3)10-27-23(19)25/h10,14-23,30H,6-9,11H2,1-5H3/t14?,15-,16-,17-,18+,19+,20-,21+,22-,23?,24+,25-,26-/m1/s1. The van der Waals surface area contributed by atoms with Crippen LogP contribution >= 0.6 is 0 Å². The number of hydrogen-bond donors (Lipinski definition) is 1. The Morgan fingerprint density at radius 2 is 1.80 bits per heavy atom. The van der Waals surface area contributed by atoms with Crippen molar-refractivity contribution in [3.8, 4) is 0 Å². The van der Waals surface area contributed by atoms with Gasteiger partial charge in [-0.2, -0.15) is 0 Å². The molecule has 1 N–H and O–H groups in total. The third-order valence-electron chi connectivity index (χ3n) is 10.8. The molecule has 0 amide bonds. The average Bonchev–Trinajstić information content (AvgIpc) is 2.91. The predicted octanol–water partition coefficient (Wildman–Crippen LogP) is 1.39. The Kier molecular flexibility index (Phi) is 5.26. The smallest absolute Gasteiger partial charge is 0.303 e. The van der Waals surface area contributed by atoms with Gasteiger partial charge in [-0.05, 0) is 31.1 Å². The lowest BCUT2D eigenvalue weighted by molar-refractivity contribution is -0.299. The van der Waals surface area contributed by atoms with Gasteiger partial charge in [0.2, 0.25) is 0 Å². The molecule has 9 nitrogen and oxygen atoms in total. The first-order valence-electron chi connectivity index (χ1n) is 12.8. The fraction of sp³-hybridized carbons (Fsp3) is 0.885. The molecule has 1 heterocycles. The van der Waals surface area contributed by atoms with Gasteiger partial charge in [0.1, 0.15) is 12.2 Å². The molecule has 5 fully saturated rings. The number of carbonyl (C=O) groups excluding carboxylic acids is 2. The maximum atomic E-state index is 12.5. The van der Waals surface area contributed by atoms with E-state index in [9.17, 15) is 14.7 Å². The number of rotatable bonds is 6. The maximum absolute atomic E-state index is 12.5. The number of fused-ring (bicyclic) bond motifs is 1. The molecule has 0 saturated heterocycles. The molecule has 0 aromatic carbocycles. The van der Waals surface area contributed by atoms with Gasteiger partial charge in [-0.3, -0.25) is 14.6 Å². The van der Waals surface area contributed by atoms with Crippen LogP contribution < -0.4 is 0 Å². The molecule has 5 bridgehead atoms. The lowest BCUT2D eigenvalue weighted by Gasteiger charge is -2.71. The largest absolute Gasteiger partial charge is 0.461 e. The predicted molar refractivity (Wildman–Crippen MR) is 123 cm³/mol. The first-order chi connectivity index (χ1) is 16.7. The summed E-state index contributed by atoms with van der Waals surface area (Å²) in [4.78, 5) is 29.2. The number of carbonyl (C=O) groups is 2. The van der Waals surface area contributed by atoms with Crippen LogP contribution in [0.1, 0.15) is 39.5 Å². The Bertz CT molecular complexity index is 956. The minimum absolute atomic E-state index is 0.000652. The molecule has 194 valence electrons. The van der Waals surface area contributed by atoms with Crippen molar-refractivity contribution in [1.29, 1.82) is 0 Å². The van der Waals surface area contributed by atoms with Crippen molar-refractivity contribution in [2.45, 2.75) is 75.6 Å². The Hall–Kier alpha value is -1.55. The highest BCUT2D eigenvalue weighted by molar-refractivity contribution is 5.74. The van der Waals surface area contributed by atoms with Gasteiger partial charge in [-0.25, -0.2) is 0 Å². The van der Waals surface area contributed by atoms with Crippen LogP contribution in [0.25, 0.3) is 0 Å². The Morgan fingerprint density at radius 1 is 1.06 bits per heavy atom. The SMILES string of the molecule is COC[C@]12C=NC3[C@@H]4[C@H](OC)[C@H]1[C@@]3(CC[C@H]2OC(C)=O)[C@@H]1CC2[C@@H](OC(C)=O)[C@H](OC)C[C@@]4(O)[C@@H]21. The number of nitrogens with zero attached hydrogens (tertiary/aromatic N) is 1. The van der Waals surface area contributed by atoms with E-state index >= 15 is 0 Å². The molecule has 6 rings (SSSR count). The van der Waals surface area contributed by atoms with Crippen LogP contribution in [0.2, 0.25) is 0 Å². The van der Waals surface area contributed by atoms with Crippen LogP contribution in [0, 0.1) is 40.4 Å². The fourth-order valence-electron chi connectivity index (χ4n) is 10.2. The fourth-order valence-corrected chi connectivity index (χ4v) is 10.2. The Morgan fingerprint density at radius 3 is 2.43 bits per heavy atom. The lowest BCUT2D eigenvalue weighted by Crippen LogP contribution is -2.76. The van der Waals surface area contributed by atoms with Crippen molar-refractivity contribution in [3.05, 3.63) is 0 Å². The molecular weight excluding hydrogens is 454 g/mol. The minimum Gasteiger partial charge on any atom is -0.461 e. The highest BCUT2D eigenvalue weighted by atomic mass is 16.6. The van der Waals surface area contributed by atoms with Crippen molar-refractivity contribution in [3.63, 3.8) is 0 Å². The van der Waals surface area contributed by atoms with Crippen LogP contribution in [0.5, 0.6) is 0 Å². The van der Waals surface area contributed by atoms with Crippen LogP contribution in [0.15, 0.2) is 4.99 Å². The molecule has 0 aromatic heterocycles. The second-order valence-electron chi connectivity index (χ2n) is 11.8. The monoisotopic (exact) mass is 491 g/mol. The van der Waals surface area contributed by atoms with E-state index in [-0.39, 0.29) is 77.4 Å².